The molecule has 0 fully saturated rings. The Morgan fingerprint density at radius 3 is 2.07 bits per heavy atom. The second-order valence-corrected chi connectivity index (χ2v) is 2.93. The maximum atomic E-state index is 10.4. The topological polar surface area (TPSA) is 77.8 Å². The van der Waals surface area contributed by atoms with Crippen molar-refractivity contribution in [2.75, 3.05) is 19.6 Å². The molecule has 14 heavy (non-hydrogen) atoms. The molecule has 0 spiro atoms. The van der Waals surface area contributed by atoms with Crippen molar-refractivity contribution in [2.24, 2.45) is 0 Å². The fourth-order valence-electron chi connectivity index (χ4n) is 1.06. The number of aliphatic carboxylic acids is 2. The number of hydrogen-bond donors (Lipinski definition) is 2. The highest BCUT2D eigenvalue weighted by atomic mass is 16.4. The molecule has 0 aliphatic carbocycles. The SMILES string of the molecule is C=CCCCN(CC(=O)O)CC(=O)O. The Bertz CT molecular complexity index is 199. The largest absolute Gasteiger partial charge is 0.480 e. The monoisotopic (exact) mass is 201 g/mol. The Labute approximate surface area is 82.6 Å². The minimum Gasteiger partial charge on any atom is -0.480 e. The summed E-state index contributed by atoms with van der Waals surface area (Å²) in [7, 11) is 0. The van der Waals surface area contributed by atoms with Crippen LogP contribution >= 0.6 is 0 Å². The molecular weight excluding hydrogens is 186 g/mol. The van der Waals surface area contributed by atoms with Gasteiger partial charge in [0.15, 0.2) is 0 Å². The minimum absolute atomic E-state index is 0.233. The smallest absolute Gasteiger partial charge is 0.317 e. The lowest BCUT2D eigenvalue weighted by Gasteiger charge is -2.16. The van der Waals surface area contributed by atoms with Crippen molar-refractivity contribution in [3.8, 4) is 0 Å². The van der Waals surface area contributed by atoms with Gasteiger partial charge in [0.25, 0.3) is 0 Å². The van der Waals surface area contributed by atoms with Crippen LogP contribution in [-0.2, 0) is 9.59 Å². The number of allylic oxidation sites excluding steroid dienone is 1. The summed E-state index contributed by atoms with van der Waals surface area (Å²) in [6.07, 6.45) is 3.21. The second kappa shape index (κ2) is 7.08. The van der Waals surface area contributed by atoms with E-state index in [2.05, 4.69) is 6.58 Å². The molecule has 0 aromatic heterocycles. The molecule has 0 atom stereocenters. The van der Waals surface area contributed by atoms with Gasteiger partial charge in [-0.2, -0.15) is 0 Å². The third-order valence-electron chi connectivity index (χ3n) is 1.60. The van der Waals surface area contributed by atoms with E-state index in [4.69, 9.17) is 10.2 Å². The zero-order valence-corrected chi connectivity index (χ0v) is 7.98. The first-order chi connectivity index (χ1) is 6.56. The average Bonchev–Trinajstić information content (AvgIpc) is 2.02. The number of unbranched alkanes of at least 4 members (excludes halogenated alkanes) is 1. The lowest BCUT2D eigenvalue weighted by atomic mass is 10.3. The molecular formula is C9H15NO4. The standard InChI is InChI=1S/C9H15NO4/c1-2-3-4-5-10(6-8(11)12)7-9(13)14/h2H,1,3-7H2,(H,11,12)(H,13,14). The van der Waals surface area contributed by atoms with Gasteiger partial charge in [-0.05, 0) is 19.4 Å². The van der Waals surface area contributed by atoms with Gasteiger partial charge in [0, 0.05) is 0 Å². The molecule has 0 rings (SSSR count). The Balaban J connectivity index is 3.89. The van der Waals surface area contributed by atoms with E-state index in [9.17, 15) is 9.59 Å². The number of carbonyl (C=O) groups is 2. The molecule has 0 unspecified atom stereocenters. The summed E-state index contributed by atoms with van der Waals surface area (Å²) >= 11 is 0. The van der Waals surface area contributed by atoms with Gasteiger partial charge in [0.2, 0.25) is 0 Å². The maximum Gasteiger partial charge on any atom is 0.317 e. The van der Waals surface area contributed by atoms with Crippen LogP contribution in [0.4, 0.5) is 0 Å². The molecule has 0 amide bonds. The molecule has 5 nitrogen and oxygen atoms in total. The van der Waals surface area contributed by atoms with Crippen LogP contribution in [0.25, 0.3) is 0 Å². The molecule has 0 saturated heterocycles. The van der Waals surface area contributed by atoms with E-state index in [0.717, 1.165) is 12.8 Å². The van der Waals surface area contributed by atoms with Crippen molar-refractivity contribution in [3.63, 3.8) is 0 Å². The molecule has 0 radical (unpaired) electrons. The predicted octanol–water partition coefficient (Wildman–Crippen LogP) is 0.424. The molecule has 0 heterocycles. The highest BCUT2D eigenvalue weighted by Crippen LogP contribution is 1.95. The van der Waals surface area contributed by atoms with Crippen LogP contribution in [0.1, 0.15) is 12.8 Å². The number of hydrogen-bond acceptors (Lipinski definition) is 3. The van der Waals surface area contributed by atoms with Crippen LogP contribution < -0.4 is 0 Å². The number of nitrogens with zero attached hydrogens (tertiary/aromatic N) is 1. The molecule has 2 N–H and O–H groups in total. The van der Waals surface area contributed by atoms with E-state index in [1.165, 1.54) is 4.90 Å². The first kappa shape index (κ1) is 12.6. The van der Waals surface area contributed by atoms with Gasteiger partial charge in [-0.3, -0.25) is 14.5 Å². The fraction of sp³-hybridized carbons (Fsp3) is 0.556. The fourth-order valence-corrected chi connectivity index (χ4v) is 1.06. The van der Waals surface area contributed by atoms with E-state index in [0.29, 0.717) is 6.54 Å². The number of carboxylic acid groups (broad SMARTS) is 2. The second-order valence-electron chi connectivity index (χ2n) is 2.93. The van der Waals surface area contributed by atoms with Crippen LogP contribution in [0.5, 0.6) is 0 Å². The lowest BCUT2D eigenvalue weighted by molar-refractivity contribution is -0.141. The Morgan fingerprint density at radius 1 is 1.21 bits per heavy atom. The molecule has 0 saturated carbocycles. The summed E-state index contributed by atoms with van der Waals surface area (Å²) < 4.78 is 0. The van der Waals surface area contributed by atoms with Gasteiger partial charge in [-0.15, -0.1) is 6.58 Å². The summed E-state index contributed by atoms with van der Waals surface area (Å²) in [5.74, 6) is -2.02. The zero-order valence-electron chi connectivity index (χ0n) is 7.98. The van der Waals surface area contributed by atoms with Crippen LogP contribution in [0.3, 0.4) is 0 Å². The third-order valence-corrected chi connectivity index (χ3v) is 1.60. The van der Waals surface area contributed by atoms with Gasteiger partial charge >= 0.3 is 11.9 Å². The number of carboxylic acids is 2. The summed E-state index contributed by atoms with van der Waals surface area (Å²) in [6, 6.07) is 0. The molecule has 80 valence electrons. The normalized spacial score (nSPS) is 10.1. The summed E-state index contributed by atoms with van der Waals surface area (Å²) in [5, 5.41) is 17.0. The van der Waals surface area contributed by atoms with Crippen molar-refractivity contribution in [2.45, 2.75) is 12.8 Å². The Morgan fingerprint density at radius 2 is 1.71 bits per heavy atom. The first-order valence-electron chi connectivity index (χ1n) is 4.33. The molecule has 0 aromatic rings. The molecule has 0 aromatic carbocycles. The van der Waals surface area contributed by atoms with Crippen molar-refractivity contribution >= 4 is 11.9 Å². The van der Waals surface area contributed by atoms with Crippen LogP contribution in [0.15, 0.2) is 12.7 Å². The van der Waals surface area contributed by atoms with E-state index in [-0.39, 0.29) is 13.1 Å². The lowest BCUT2D eigenvalue weighted by Crippen LogP contribution is -2.35. The van der Waals surface area contributed by atoms with Crippen molar-refractivity contribution in [3.05, 3.63) is 12.7 Å². The van der Waals surface area contributed by atoms with Crippen LogP contribution in [0, 0.1) is 0 Å². The summed E-state index contributed by atoms with van der Waals surface area (Å²) in [5.41, 5.74) is 0. The van der Waals surface area contributed by atoms with Crippen molar-refractivity contribution < 1.29 is 19.8 Å². The van der Waals surface area contributed by atoms with Gasteiger partial charge in [0.1, 0.15) is 0 Å². The van der Waals surface area contributed by atoms with E-state index in [1.54, 1.807) is 6.08 Å². The highest BCUT2D eigenvalue weighted by Gasteiger charge is 2.12. The molecule has 0 bridgehead atoms. The van der Waals surface area contributed by atoms with E-state index in [1.807, 2.05) is 0 Å². The number of rotatable bonds is 8. The van der Waals surface area contributed by atoms with Gasteiger partial charge in [-0.25, -0.2) is 0 Å². The summed E-state index contributed by atoms with van der Waals surface area (Å²) in [6.45, 7) is 3.53. The van der Waals surface area contributed by atoms with Gasteiger partial charge in [0.05, 0.1) is 13.1 Å². The van der Waals surface area contributed by atoms with Gasteiger partial charge < -0.3 is 10.2 Å². The van der Waals surface area contributed by atoms with Crippen molar-refractivity contribution in [1.29, 1.82) is 0 Å². The average molecular weight is 201 g/mol. The first-order valence-corrected chi connectivity index (χ1v) is 4.33. The third kappa shape index (κ3) is 7.30. The van der Waals surface area contributed by atoms with Crippen molar-refractivity contribution in [1.82, 2.24) is 4.90 Å². The molecule has 0 aliphatic heterocycles. The van der Waals surface area contributed by atoms with E-state index >= 15 is 0 Å². The predicted molar refractivity (Wildman–Crippen MR) is 51.1 cm³/mol. The molecule has 0 aliphatic rings. The molecule has 5 heteroatoms. The quantitative estimate of drug-likeness (QED) is 0.439. The summed E-state index contributed by atoms with van der Waals surface area (Å²) in [4.78, 5) is 22.1. The van der Waals surface area contributed by atoms with Crippen LogP contribution in [0.2, 0.25) is 0 Å². The Kier molecular flexibility index (Phi) is 6.39. The van der Waals surface area contributed by atoms with Gasteiger partial charge in [-0.1, -0.05) is 6.08 Å². The Hall–Kier alpha value is -1.36. The van der Waals surface area contributed by atoms with E-state index < -0.39 is 11.9 Å². The van der Waals surface area contributed by atoms with Crippen LogP contribution in [-0.4, -0.2) is 46.7 Å². The maximum absolute atomic E-state index is 10.4. The highest BCUT2D eigenvalue weighted by molar-refractivity contribution is 5.72. The zero-order chi connectivity index (χ0) is 11.0. The minimum atomic E-state index is -1.01.